The molecule has 0 amide bonds. The molecule has 0 fully saturated rings. The molecule has 0 aliphatic rings. The molecule has 1 rings (SSSR count). The molecule has 84 valence electrons. The third-order valence-corrected chi connectivity index (χ3v) is 2.34. The van der Waals surface area contributed by atoms with Crippen LogP contribution in [0.15, 0.2) is 0 Å². The minimum atomic E-state index is 0.234. The molecule has 0 unspecified atom stereocenters. The molecule has 0 aliphatic heterocycles. The highest BCUT2D eigenvalue weighted by molar-refractivity contribution is 5.73. The molecule has 1 heterocycles. The van der Waals surface area contributed by atoms with Crippen molar-refractivity contribution < 1.29 is 9.90 Å². The first-order valence-electron chi connectivity index (χ1n) is 5.31. The van der Waals surface area contributed by atoms with Gasteiger partial charge in [0.25, 0.3) is 0 Å². The van der Waals surface area contributed by atoms with Gasteiger partial charge in [0.2, 0.25) is 0 Å². The Balaban J connectivity index is 2.53. The zero-order chi connectivity index (χ0) is 11.1. The van der Waals surface area contributed by atoms with Crippen LogP contribution in [0, 0.1) is 0 Å². The van der Waals surface area contributed by atoms with Crippen LogP contribution in [0.3, 0.4) is 0 Å². The summed E-state index contributed by atoms with van der Waals surface area (Å²) in [5.74, 6) is 0. The molecular formula is C10H17N3O2. The van der Waals surface area contributed by atoms with Crippen molar-refractivity contribution in [2.75, 3.05) is 6.61 Å². The van der Waals surface area contributed by atoms with Gasteiger partial charge in [0.05, 0.1) is 5.69 Å². The van der Waals surface area contributed by atoms with Gasteiger partial charge in [-0.05, 0) is 25.7 Å². The lowest BCUT2D eigenvalue weighted by Crippen LogP contribution is -2.05. The molecule has 0 atom stereocenters. The Kier molecular flexibility index (Phi) is 4.97. The predicted octanol–water partition coefficient (Wildman–Crippen LogP) is 0.816. The van der Waals surface area contributed by atoms with Crippen LogP contribution in [0.1, 0.15) is 42.4 Å². The first-order chi connectivity index (χ1) is 7.33. The van der Waals surface area contributed by atoms with E-state index in [0.717, 1.165) is 44.2 Å². The van der Waals surface area contributed by atoms with Gasteiger partial charge in [0.15, 0.2) is 6.29 Å². The van der Waals surface area contributed by atoms with E-state index in [2.05, 4.69) is 10.3 Å². The minimum Gasteiger partial charge on any atom is -0.396 e. The van der Waals surface area contributed by atoms with Crippen LogP contribution in [0.4, 0.5) is 0 Å². The average molecular weight is 211 g/mol. The molecular weight excluding hydrogens is 194 g/mol. The zero-order valence-electron chi connectivity index (χ0n) is 9.02. The summed E-state index contributed by atoms with van der Waals surface area (Å²) in [6, 6.07) is 0. The average Bonchev–Trinajstić information content (AvgIpc) is 2.66. The lowest BCUT2D eigenvalue weighted by molar-refractivity contribution is 0.111. The highest BCUT2D eigenvalue weighted by atomic mass is 16.2. The molecule has 5 nitrogen and oxygen atoms in total. The zero-order valence-corrected chi connectivity index (χ0v) is 9.02. The van der Waals surface area contributed by atoms with Gasteiger partial charge in [-0.25, -0.2) is 4.68 Å². The Labute approximate surface area is 89.1 Å². The van der Waals surface area contributed by atoms with E-state index < -0.39 is 0 Å². The Morgan fingerprint density at radius 2 is 2.20 bits per heavy atom. The lowest BCUT2D eigenvalue weighted by atomic mass is 10.2. The van der Waals surface area contributed by atoms with Crippen LogP contribution in [0.2, 0.25) is 0 Å². The number of carbonyl (C=O) groups excluding carboxylic acids is 1. The van der Waals surface area contributed by atoms with E-state index in [1.54, 1.807) is 4.68 Å². The van der Waals surface area contributed by atoms with Gasteiger partial charge < -0.3 is 5.11 Å². The van der Waals surface area contributed by atoms with Crippen molar-refractivity contribution >= 4 is 6.29 Å². The number of aromatic nitrogens is 3. The summed E-state index contributed by atoms with van der Waals surface area (Å²) in [5.41, 5.74) is 1.34. The standard InChI is InChI=1S/C10H17N3O2/c1-2-10-9(8-15)11-12-13(10)6-4-3-5-7-14/h8,14H,2-7H2,1H3. The number of aliphatic hydroxyl groups excluding tert-OH is 1. The molecule has 0 spiro atoms. The molecule has 0 aromatic carbocycles. The first-order valence-corrected chi connectivity index (χ1v) is 5.31. The second-order valence-corrected chi connectivity index (χ2v) is 3.40. The van der Waals surface area contributed by atoms with Crippen molar-refractivity contribution in [1.82, 2.24) is 15.0 Å². The first kappa shape index (κ1) is 11.8. The van der Waals surface area contributed by atoms with E-state index in [9.17, 15) is 4.79 Å². The Morgan fingerprint density at radius 1 is 1.40 bits per heavy atom. The number of rotatable bonds is 7. The van der Waals surface area contributed by atoms with Crippen LogP contribution < -0.4 is 0 Å². The van der Waals surface area contributed by atoms with Gasteiger partial charge in [0, 0.05) is 13.2 Å². The van der Waals surface area contributed by atoms with E-state index in [0.29, 0.717) is 5.69 Å². The third-order valence-electron chi connectivity index (χ3n) is 2.34. The third kappa shape index (κ3) is 3.13. The fourth-order valence-electron chi connectivity index (χ4n) is 1.53. The Bertz CT molecular complexity index is 310. The van der Waals surface area contributed by atoms with Gasteiger partial charge in [-0.2, -0.15) is 0 Å². The summed E-state index contributed by atoms with van der Waals surface area (Å²) >= 11 is 0. The van der Waals surface area contributed by atoms with Gasteiger partial charge in [-0.1, -0.05) is 12.1 Å². The molecule has 1 aromatic heterocycles. The molecule has 0 saturated heterocycles. The maximum absolute atomic E-state index is 10.6. The summed E-state index contributed by atoms with van der Waals surface area (Å²) in [7, 11) is 0. The SMILES string of the molecule is CCc1c(C=O)nnn1CCCCCO. The molecule has 0 aliphatic carbocycles. The molecule has 0 saturated carbocycles. The smallest absolute Gasteiger partial charge is 0.172 e. The van der Waals surface area contributed by atoms with E-state index in [4.69, 9.17) is 5.11 Å². The Morgan fingerprint density at radius 3 is 2.80 bits per heavy atom. The fraction of sp³-hybridized carbons (Fsp3) is 0.700. The lowest BCUT2D eigenvalue weighted by Gasteiger charge is -2.03. The van der Waals surface area contributed by atoms with Gasteiger partial charge >= 0.3 is 0 Å². The fourth-order valence-corrected chi connectivity index (χ4v) is 1.53. The van der Waals surface area contributed by atoms with Crippen LogP contribution in [0.5, 0.6) is 0 Å². The summed E-state index contributed by atoms with van der Waals surface area (Å²) in [6.07, 6.45) is 4.25. The molecule has 15 heavy (non-hydrogen) atoms. The number of aryl methyl sites for hydroxylation is 1. The maximum Gasteiger partial charge on any atom is 0.172 e. The normalized spacial score (nSPS) is 10.5. The number of carbonyl (C=O) groups is 1. The van der Waals surface area contributed by atoms with Gasteiger partial charge in [0.1, 0.15) is 5.69 Å². The number of aliphatic hydroxyl groups is 1. The van der Waals surface area contributed by atoms with Crippen molar-refractivity contribution in [3.05, 3.63) is 11.4 Å². The quantitative estimate of drug-likeness (QED) is 0.535. The van der Waals surface area contributed by atoms with Gasteiger partial charge in [-0.3, -0.25) is 4.79 Å². The van der Waals surface area contributed by atoms with Gasteiger partial charge in [-0.15, -0.1) is 5.10 Å². The summed E-state index contributed by atoms with van der Waals surface area (Å²) in [5, 5.41) is 16.4. The monoisotopic (exact) mass is 211 g/mol. The molecule has 5 heteroatoms. The Hall–Kier alpha value is -1.23. The number of hydrogen-bond acceptors (Lipinski definition) is 4. The number of hydrogen-bond donors (Lipinski definition) is 1. The minimum absolute atomic E-state index is 0.234. The number of unbranched alkanes of at least 4 members (excludes halogenated alkanes) is 2. The van der Waals surface area contributed by atoms with E-state index >= 15 is 0 Å². The van der Waals surface area contributed by atoms with Crippen molar-refractivity contribution in [3.8, 4) is 0 Å². The molecule has 0 radical (unpaired) electrons. The van der Waals surface area contributed by atoms with E-state index in [1.165, 1.54) is 0 Å². The number of nitrogens with zero attached hydrogens (tertiary/aromatic N) is 3. The van der Waals surface area contributed by atoms with Crippen LogP contribution >= 0.6 is 0 Å². The summed E-state index contributed by atoms with van der Waals surface area (Å²) in [4.78, 5) is 10.6. The highest BCUT2D eigenvalue weighted by Crippen LogP contribution is 2.06. The van der Waals surface area contributed by atoms with Crippen LogP contribution in [-0.4, -0.2) is 33.0 Å². The van der Waals surface area contributed by atoms with Crippen molar-refractivity contribution in [2.24, 2.45) is 0 Å². The van der Waals surface area contributed by atoms with Crippen molar-refractivity contribution in [3.63, 3.8) is 0 Å². The van der Waals surface area contributed by atoms with Crippen molar-refractivity contribution in [2.45, 2.75) is 39.2 Å². The van der Waals surface area contributed by atoms with Crippen molar-refractivity contribution in [1.29, 1.82) is 0 Å². The second-order valence-electron chi connectivity index (χ2n) is 3.40. The van der Waals surface area contributed by atoms with Crippen LogP contribution in [0.25, 0.3) is 0 Å². The number of aldehydes is 1. The highest BCUT2D eigenvalue weighted by Gasteiger charge is 2.09. The van der Waals surface area contributed by atoms with Crippen LogP contribution in [-0.2, 0) is 13.0 Å². The second kappa shape index (κ2) is 6.29. The molecule has 1 N–H and O–H groups in total. The topological polar surface area (TPSA) is 68.0 Å². The predicted molar refractivity (Wildman–Crippen MR) is 55.7 cm³/mol. The van der Waals surface area contributed by atoms with E-state index in [-0.39, 0.29) is 6.61 Å². The largest absolute Gasteiger partial charge is 0.396 e. The maximum atomic E-state index is 10.6. The van der Waals surface area contributed by atoms with E-state index in [1.807, 2.05) is 6.92 Å². The summed E-state index contributed by atoms with van der Waals surface area (Å²) < 4.78 is 1.78. The molecule has 1 aromatic rings. The molecule has 0 bridgehead atoms. The summed E-state index contributed by atoms with van der Waals surface area (Å²) in [6.45, 7) is 2.98.